The Morgan fingerprint density at radius 2 is 1.22 bits per heavy atom. The Kier molecular flexibility index (Phi) is 7.65. The third-order valence-corrected chi connectivity index (χ3v) is 0.553. The number of carboxylic acid groups (broad SMARTS) is 2. The second-order valence-corrected chi connectivity index (χ2v) is 1.29. The first-order valence-electron chi connectivity index (χ1n) is 2.06. The van der Waals surface area contributed by atoms with Crippen LogP contribution in [0.3, 0.4) is 0 Å². The zero-order valence-electron chi connectivity index (χ0n) is 4.63. The first kappa shape index (κ1) is 11.6. The molecule has 9 heavy (non-hydrogen) atoms. The maximum Gasteiger partial charge on any atom is 0.303 e. The number of hydrogen-bond donors (Lipinski definition) is 2. The maximum atomic E-state index is 9.64. The molecule has 0 aliphatic carbocycles. The van der Waals surface area contributed by atoms with Crippen LogP contribution in [0.4, 0.5) is 0 Å². The molecule has 0 bridgehead atoms. The molecule has 0 aliphatic rings. The normalized spacial score (nSPS) is 7.56. The molecule has 0 heterocycles. The second-order valence-electron chi connectivity index (χ2n) is 1.29. The Balaban J connectivity index is 0. The van der Waals surface area contributed by atoms with Gasteiger partial charge < -0.3 is 10.2 Å². The van der Waals surface area contributed by atoms with E-state index in [4.69, 9.17) is 10.2 Å². The zero-order valence-corrected chi connectivity index (χ0v) is 8.22. The smallest absolute Gasteiger partial charge is 0.303 e. The summed E-state index contributed by atoms with van der Waals surface area (Å²) in [7, 11) is 0. The van der Waals surface area contributed by atoms with Crippen LogP contribution < -0.4 is 0 Å². The van der Waals surface area contributed by atoms with Gasteiger partial charge in [-0.05, 0) is 0 Å². The third-order valence-electron chi connectivity index (χ3n) is 0.553. The predicted octanol–water partition coefficient (Wildman–Crippen LogP) is -0.0667. The van der Waals surface area contributed by atoms with Crippen molar-refractivity contribution in [2.24, 2.45) is 0 Å². The van der Waals surface area contributed by atoms with Crippen molar-refractivity contribution in [3.63, 3.8) is 0 Å². The van der Waals surface area contributed by atoms with Crippen LogP contribution in [0.5, 0.6) is 0 Å². The number of aliphatic carboxylic acids is 2. The Bertz CT molecular complexity index is 97.1. The minimum Gasteiger partial charge on any atom is -0.481 e. The summed E-state index contributed by atoms with van der Waals surface area (Å²) in [6.07, 6.45) is -0.593. The van der Waals surface area contributed by atoms with Gasteiger partial charge in [0.2, 0.25) is 0 Å². The van der Waals surface area contributed by atoms with Crippen LogP contribution in [-0.2, 0) is 35.4 Å². The van der Waals surface area contributed by atoms with Crippen LogP contribution in [0.2, 0.25) is 0 Å². The van der Waals surface area contributed by atoms with Crippen molar-refractivity contribution in [2.45, 2.75) is 12.8 Å². The van der Waals surface area contributed by atoms with E-state index in [0.717, 1.165) is 0 Å². The van der Waals surface area contributed by atoms with E-state index >= 15 is 0 Å². The summed E-state index contributed by atoms with van der Waals surface area (Å²) in [5, 5.41) is 15.8. The Morgan fingerprint density at radius 1 is 1.00 bits per heavy atom. The van der Waals surface area contributed by atoms with E-state index in [9.17, 15) is 9.59 Å². The summed E-state index contributed by atoms with van der Waals surface area (Å²) in [4.78, 5) is 19.3. The molecule has 0 spiro atoms. The van der Waals surface area contributed by atoms with Crippen LogP contribution in [-0.4, -0.2) is 22.2 Å². The molecular formula is C4H6HfO4. The van der Waals surface area contributed by atoms with Crippen LogP contribution >= 0.6 is 0 Å². The van der Waals surface area contributed by atoms with E-state index in [-0.39, 0.29) is 38.7 Å². The molecule has 5 heteroatoms. The van der Waals surface area contributed by atoms with Crippen molar-refractivity contribution in [1.29, 1.82) is 0 Å². The van der Waals surface area contributed by atoms with E-state index in [1.165, 1.54) is 0 Å². The summed E-state index contributed by atoms with van der Waals surface area (Å²) in [6, 6.07) is 0. The molecule has 0 unspecified atom stereocenters. The Hall–Kier alpha value is -0.190. The molecule has 0 fully saturated rings. The second kappa shape index (κ2) is 5.94. The first-order valence-corrected chi connectivity index (χ1v) is 2.06. The van der Waals surface area contributed by atoms with Gasteiger partial charge in [-0.1, -0.05) is 0 Å². The quantitative estimate of drug-likeness (QED) is 0.715. The van der Waals surface area contributed by atoms with Gasteiger partial charge in [0.1, 0.15) is 0 Å². The average Bonchev–Trinajstić information content (AvgIpc) is 1.61. The Labute approximate surface area is 70.7 Å². The molecule has 50 valence electrons. The zero-order chi connectivity index (χ0) is 6.57. The van der Waals surface area contributed by atoms with E-state index in [1.54, 1.807) is 0 Å². The summed E-state index contributed by atoms with van der Waals surface area (Å²) >= 11 is 0. The number of carbonyl (C=O) groups is 2. The molecule has 0 saturated heterocycles. The fraction of sp³-hybridized carbons (Fsp3) is 0.500. The van der Waals surface area contributed by atoms with Crippen molar-refractivity contribution in [1.82, 2.24) is 0 Å². The number of rotatable bonds is 3. The minimum atomic E-state index is -1.08. The van der Waals surface area contributed by atoms with Gasteiger partial charge in [-0.2, -0.15) is 0 Å². The predicted molar refractivity (Wildman–Crippen MR) is 24.5 cm³/mol. The fourth-order valence-corrected chi connectivity index (χ4v) is 0.214. The molecule has 0 rings (SSSR count). The molecule has 2 N–H and O–H groups in total. The van der Waals surface area contributed by atoms with Crippen LogP contribution in [0.15, 0.2) is 0 Å². The molecule has 0 aromatic rings. The van der Waals surface area contributed by atoms with Gasteiger partial charge in [-0.15, -0.1) is 0 Å². The molecule has 0 aromatic heterocycles. The molecular weight excluding hydrogens is 291 g/mol. The van der Waals surface area contributed by atoms with Gasteiger partial charge in [-0.3, -0.25) is 9.59 Å². The summed E-state index contributed by atoms with van der Waals surface area (Å²) in [5.74, 6) is -2.15. The largest absolute Gasteiger partial charge is 0.481 e. The SMILES string of the molecule is O=C(O)CCC(=O)O.[Hf]. The van der Waals surface area contributed by atoms with E-state index in [0.29, 0.717) is 0 Å². The van der Waals surface area contributed by atoms with Gasteiger partial charge >= 0.3 is 11.9 Å². The Morgan fingerprint density at radius 3 is 1.33 bits per heavy atom. The van der Waals surface area contributed by atoms with E-state index in [2.05, 4.69) is 0 Å². The van der Waals surface area contributed by atoms with Crippen molar-refractivity contribution < 1.29 is 45.6 Å². The molecule has 0 saturated carbocycles. The van der Waals surface area contributed by atoms with Crippen LogP contribution in [0.25, 0.3) is 0 Å². The molecule has 0 atom stereocenters. The van der Waals surface area contributed by atoms with Crippen molar-refractivity contribution in [3.05, 3.63) is 0 Å². The van der Waals surface area contributed by atoms with Gasteiger partial charge in [0.15, 0.2) is 0 Å². The molecule has 0 aliphatic heterocycles. The van der Waals surface area contributed by atoms with Gasteiger partial charge in [0, 0.05) is 25.8 Å². The van der Waals surface area contributed by atoms with Gasteiger partial charge in [-0.25, -0.2) is 0 Å². The van der Waals surface area contributed by atoms with E-state index < -0.39 is 11.9 Å². The first-order chi connectivity index (χ1) is 3.63. The number of carboxylic acids is 2. The standard InChI is InChI=1S/C4H6O4.Hf/c5-3(6)1-2-4(7)8;/h1-2H2,(H,5,6)(H,7,8);. The van der Waals surface area contributed by atoms with E-state index in [1.807, 2.05) is 0 Å². The topological polar surface area (TPSA) is 74.6 Å². The monoisotopic (exact) mass is 298 g/mol. The summed E-state index contributed by atoms with van der Waals surface area (Å²) < 4.78 is 0. The van der Waals surface area contributed by atoms with Crippen LogP contribution in [0.1, 0.15) is 12.8 Å². The van der Waals surface area contributed by atoms with Crippen molar-refractivity contribution in [2.75, 3.05) is 0 Å². The minimum absolute atomic E-state index is 0. The average molecular weight is 297 g/mol. The van der Waals surface area contributed by atoms with Gasteiger partial charge in [0.05, 0.1) is 12.8 Å². The molecule has 0 radical (unpaired) electrons. The third kappa shape index (κ3) is 11.4. The van der Waals surface area contributed by atoms with Crippen LogP contribution in [0, 0.1) is 0 Å². The summed E-state index contributed by atoms with van der Waals surface area (Å²) in [6.45, 7) is 0. The number of hydrogen-bond acceptors (Lipinski definition) is 2. The van der Waals surface area contributed by atoms with Gasteiger partial charge in [0.25, 0.3) is 0 Å². The molecule has 0 aromatic carbocycles. The maximum absolute atomic E-state index is 9.64. The fourth-order valence-electron chi connectivity index (χ4n) is 0.214. The molecule has 4 nitrogen and oxygen atoms in total. The molecule has 0 amide bonds. The van der Waals surface area contributed by atoms with Crippen molar-refractivity contribution >= 4 is 11.9 Å². The summed E-state index contributed by atoms with van der Waals surface area (Å²) in [5.41, 5.74) is 0. The van der Waals surface area contributed by atoms with Crippen molar-refractivity contribution in [3.8, 4) is 0 Å².